The summed E-state index contributed by atoms with van der Waals surface area (Å²) in [5, 5.41) is 3.53. The average molecular weight is 366 g/mol. The fourth-order valence-electron chi connectivity index (χ4n) is 3.54. The maximum Gasteiger partial charge on any atom is 0.0384 e. The van der Waals surface area contributed by atoms with Crippen molar-refractivity contribution in [1.29, 1.82) is 0 Å². The van der Waals surface area contributed by atoms with Crippen LogP contribution >= 0.6 is 0 Å². The highest BCUT2D eigenvalue weighted by molar-refractivity contribution is 5.60. The first-order chi connectivity index (χ1) is 13.3. The minimum Gasteiger partial charge on any atom is -0.356 e. The van der Waals surface area contributed by atoms with Gasteiger partial charge in [0.25, 0.3) is 0 Å². The van der Waals surface area contributed by atoms with Crippen molar-refractivity contribution in [3.05, 3.63) is 59.7 Å². The molecule has 0 aliphatic carbocycles. The average Bonchev–Trinajstić information content (AvgIpc) is 2.70. The summed E-state index contributed by atoms with van der Waals surface area (Å²) in [4.78, 5) is 0. The third kappa shape index (κ3) is 9.13. The highest BCUT2D eigenvalue weighted by atomic mass is 14.9. The molecule has 148 valence electrons. The van der Waals surface area contributed by atoms with Crippen molar-refractivity contribution in [2.45, 2.75) is 90.9 Å². The molecule has 0 aliphatic heterocycles. The van der Waals surface area contributed by atoms with Crippen molar-refractivity contribution in [3.63, 3.8) is 0 Å². The zero-order valence-electron chi connectivity index (χ0n) is 17.6. The van der Waals surface area contributed by atoms with Crippen LogP contribution in [0.4, 0.5) is 11.4 Å². The maximum absolute atomic E-state index is 3.53. The molecular weight excluding hydrogens is 326 g/mol. The van der Waals surface area contributed by atoms with Crippen LogP contribution in [0, 0.1) is 0 Å². The van der Waals surface area contributed by atoms with Crippen LogP contribution in [0.25, 0.3) is 0 Å². The van der Waals surface area contributed by atoms with Gasteiger partial charge >= 0.3 is 0 Å². The number of benzene rings is 2. The fraction of sp³-hybridized carbons (Fsp3) is 0.538. The Bertz CT molecular complexity index is 542. The monoisotopic (exact) mass is 365 g/mol. The molecule has 27 heavy (non-hydrogen) atoms. The Balaban J connectivity index is 1.71. The largest absolute Gasteiger partial charge is 0.356 e. The Morgan fingerprint density at radius 2 is 0.852 bits per heavy atom. The van der Waals surface area contributed by atoms with Crippen LogP contribution in [-0.2, 0) is 12.8 Å². The SMILES string of the molecule is CCCCCCCc1ccc(Nc2ccc(CCCCCCC)cc2)cc1. The van der Waals surface area contributed by atoms with E-state index in [-0.39, 0.29) is 0 Å². The lowest BCUT2D eigenvalue weighted by Crippen LogP contribution is -1.93. The minimum atomic E-state index is 1.18. The van der Waals surface area contributed by atoms with Gasteiger partial charge in [-0.2, -0.15) is 0 Å². The van der Waals surface area contributed by atoms with E-state index < -0.39 is 0 Å². The Morgan fingerprint density at radius 3 is 1.22 bits per heavy atom. The molecular formula is C26H39N. The second-order valence-corrected chi connectivity index (χ2v) is 7.85. The first-order valence-electron chi connectivity index (χ1n) is 11.3. The lowest BCUT2D eigenvalue weighted by Gasteiger charge is -2.09. The highest BCUT2D eigenvalue weighted by Crippen LogP contribution is 2.19. The van der Waals surface area contributed by atoms with Crippen LogP contribution in [0.5, 0.6) is 0 Å². The molecule has 0 spiro atoms. The molecule has 0 radical (unpaired) electrons. The number of nitrogens with one attached hydrogen (secondary N) is 1. The predicted molar refractivity (Wildman–Crippen MR) is 121 cm³/mol. The van der Waals surface area contributed by atoms with E-state index in [1.165, 1.54) is 99.6 Å². The third-order valence-corrected chi connectivity index (χ3v) is 5.33. The molecule has 0 aliphatic rings. The van der Waals surface area contributed by atoms with Gasteiger partial charge in [-0.3, -0.25) is 0 Å². The molecule has 0 saturated heterocycles. The van der Waals surface area contributed by atoms with E-state index in [2.05, 4.69) is 67.7 Å². The molecule has 1 nitrogen and oxygen atoms in total. The minimum absolute atomic E-state index is 1.18. The number of aryl methyl sites for hydroxylation is 2. The highest BCUT2D eigenvalue weighted by Gasteiger charge is 1.99. The van der Waals surface area contributed by atoms with Crippen LogP contribution in [0.3, 0.4) is 0 Å². The van der Waals surface area contributed by atoms with Crippen molar-refractivity contribution in [2.75, 3.05) is 5.32 Å². The summed E-state index contributed by atoms with van der Waals surface area (Å²) in [6.07, 6.45) is 15.9. The quantitative estimate of drug-likeness (QED) is 0.331. The molecule has 0 unspecified atom stereocenters. The molecule has 0 heterocycles. The number of unbranched alkanes of at least 4 members (excludes halogenated alkanes) is 8. The number of anilines is 2. The Hall–Kier alpha value is -1.76. The third-order valence-electron chi connectivity index (χ3n) is 5.33. The summed E-state index contributed by atoms with van der Waals surface area (Å²) in [5.41, 5.74) is 5.26. The molecule has 1 heteroatoms. The number of hydrogen-bond donors (Lipinski definition) is 1. The Morgan fingerprint density at radius 1 is 0.481 bits per heavy atom. The van der Waals surface area contributed by atoms with Crippen LogP contribution in [0.15, 0.2) is 48.5 Å². The summed E-state index contributed by atoms with van der Waals surface area (Å²) < 4.78 is 0. The van der Waals surface area contributed by atoms with Gasteiger partial charge in [0.2, 0.25) is 0 Å². The Kier molecular flexibility index (Phi) is 10.7. The molecule has 0 bridgehead atoms. The first-order valence-corrected chi connectivity index (χ1v) is 11.3. The fourth-order valence-corrected chi connectivity index (χ4v) is 3.54. The zero-order chi connectivity index (χ0) is 19.2. The van der Waals surface area contributed by atoms with Gasteiger partial charge < -0.3 is 5.32 Å². The van der Waals surface area contributed by atoms with Crippen molar-refractivity contribution in [2.24, 2.45) is 0 Å². The smallest absolute Gasteiger partial charge is 0.0384 e. The van der Waals surface area contributed by atoms with E-state index in [0.29, 0.717) is 0 Å². The summed E-state index contributed by atoms with van der Waals surface area (Å²) in [7, 11) is 0. The van der Waals surface area contributed by atoms with Crippen LogP contribution in [0.1, 0.15) is 89.2 Å². The van der Waals surface area contributed by atoms with Gasteiger partial charge in [-0.15, -0.1) is 0 Å². The molecule has 0 fully saturated rings. The molecule has 0 saturated carbocycles. The van der Waals surface area contributed by atoms with Crippen LogP contribution < -0.4 is 5.32 Å². The summed E-state index contributed by atoms with van der Waals surface area (Å²) in [5.74, 6) is 0. The van der Waals surface area contributed by atoms with Gasteiger partial charge in [-0.1, -0.05) is 89.5 Å². The molecule has 0 amide bonds. The summed E-state index contributed by atoms with van der Waals surface area (Å²) in [6.45, 7) is 4.54. The molecule has 0 aromatic heterocycles. The zero-order valence-corrected chi connectivity index (χ0v) is 17.6. The second kappa shape index (κ2) is 13.4. The second-order valence-electron chi connectivity index (χ2n) is 7.85. The topological polar surface area (TPSA) is 12.0 Å². The van der Waals surface area contributed by atoms with Crippen molar-refractivity contribution in [3.8, 4) is 0 Å². The number of rotatable bonds is 14. The van der Waals surface area contributed by atoms with E-state index >= 15 is 0 Å². The Labute approximate surface area is 167 Å². The lowest BCUT2D eigenvalue weighted by molar-refractivity contribution is 0.632. The van der Waals surface area contributed by atoms with E-state index in [0.717, 1.165) is 0 Å². The van der Waals surface area contributed by atoms with Crippen molar-refractivity contribution in [1.82, 2.24) is 0 Å². The molecule has 2 aromatic rings. The lowest BCUT2D eigenvalue weighted by atomic mass is 10.0. The van der Waals surface area contributed by atoms with E-state index in [1.54, 1.807) is 0 Å². The molecule has 0 atom stereocenters. The standard InChI is InChI=1S/C26H39N/c1-3-5-7-9-11-13-23-15-19-25(20-16-23)27-26-21-17-24(18-22-26)14-12-10-8-6-4-2/h15-22,27H,3-14H2,1-2H3. The number of hydrogen-bond acceptors (Lipinski definition) is 1. The van der Waals surface area contributed by atoms with Gasteiger partial charge in [-0.25, -0.2) is 0 Å². The van der Waals surface area contributed by atoms with Gasteiger partial charge in [-0.05, 0) is 61.1 Å². The van der Waals surface area contributed by atoms with Gasteiger partial charge in [0.1, 0.15) is 0 Å². The summed E-state index contributed by atoms with van der Waals surface area (Å²) >= 11 is 0. The van der Waals surface area contributed by atoms with E-state index in [4.69, 9.17) is 0 Å². The van der Waals surface area contributed by atoms with Crippen LogP contribution in [0.2, 0.25) is 0 Å². The van der Waals surface area contributed by atoms with Crippen LogP contribution in [-0.4, -0.2) is 0 Å². The van der Waals surface area contributed by atoms with E-state index in [9.17, 15) is 0 Å². The summed E-state index contributed by atoms with van der Waals surface area (Å²) in [6, 6.07) is 17.9. The normalized spacial score (nSPS) is 10.9. The van der Waals surface area contributed by atoms with Crippen molar-refractivity contribution >= 4 is 11.4 Å². The molecule has 2 rings (SSSR count). The predicted octanol–water partition coefficient (Wildman–Crippen LogP) is 8.46. The van der Waals surface area contributed by atoms with Gasteiger partial charge in [0.05, 0.1) is 0 Å². The van der Waals surface area contributed by atoms with E-state index in [1.807, 2.05) is 0 Å². The first kappa shape index (κ1) is 21.5. The molecule has 1 N–H and O–H groups in total. The molecule has 2 aromatic carbocycles. The van der Waals surface area contributed by atoms with Gasteiger partial charge in [0.15, 0.2) is 0 Å². The maximum atomic E-state index is 3.53. The van der Waals surface area contributed by atoms with Crippen molar-refractivity contribution < 1.29 is 0 Å². The van der Waals surface area contributed by atoms with Gasteiger partial charge in [0, 0.05) is 11.4 Å².